The Kier molecular flexibility index (Phi) is 6.61. The van der Waals surface area contributed by atoms with Crippen LogP contribution in [0.25, 0.3) is 0 Å². The van der Waals surface area contributed by atoms with E-state index in [1.165, 1.54) is 33.5 Å². The number of anilines is 2. The number of ether oxygens (including phenoxy) is 3. The molecule has 9 heteroatoms. The molecule has 0 atom stereocenters. The van der Waals surface area contributed by atoms with Gasteiger partial charge in [-0.3, -0.25) is 14.9 Å². The fraction of sp³-hybridized carbons (Fsp3) is 0.381. The number of hydrogen-bond acceptors (Lipinski definition) is 7. The summed E-state index contributed by atoms with van der Waals surface area (Å²) in [6.07, 6.45) is 3.17. The van der Waals surface area contributed by atoms with E-state index < -0.39 is 10.8 Å². The number of carbonyl (C=O) groups is 1. The Hall–Kier alpha value is -3.49. The maximum Gasteiger partial charge on any atom is 0.270 e. The van der Waals surface area contributed by atoms with Crippen LogP contribution in [0.4, 0.5) is 17.1 Å². The van der Waals surface area contributed by atoms with Gasteiger partial charge in [0.05, 0.1) is 37.5 Å². The summed E-state index contributed by atoms with van der Waals surface area (Å²) in [5.41, 5.74) is 1.22. The van der Waals surface area contributed by atoms with Crippen LogP contribution in [0.1, 0.15) is 29.6 Å². The average molecular weight is 415 g/mol. The molecule has 1 N–H and O–H groups in total. The second-order valence-electron chi connectivity index (χ2n) is 6.87. The normalized spacial score (nSPS) is 13.5. The van der Waals surface area contributed by atoms with Crippen LogP contribution in [0, 0.1) is 10.1 Å². The first-order valence-corrected chi connectivity index (χ1v) is 9.63. The van der Waals surface area contributed by atoms with Gasteiger partial charge in [-0.25, -0.2) is 0 Å². The van der Waals surface area contributed by atoms with E-state index in [4.69, 9.17) is 14.2 Å². The first kappa shape index (κ1) is 21.2. The topological polar surface area (TPSA) is 103 Å². The smallest absolute Gasteiger partial charge is 0.270 e. The number of nitrogens with zero attached hydrogens (tertiary/aromatic N) is 2. The second kappa shape index (κ2) is 9.34. The van der Waals surface area contributed by atoms with Crippen molar-refractivity contribution in [1.29, 1.82) is 0 Å². The quantitative estimate of drug-likeness (QED) is 0.541. The summed E-state index contributed by atoms with van der Waals surface area (Å²) in [5.74, 6) is 0.737. The largest absolute Gasteiger partial charge is 0.493 e. The molecule has 160 valence electrons. The van der Waals surface area contributed by atoms with Gasteiger partial charge in [-0.15, -0.1) is 0 Å². The number of hydrogen-bond donors (Lipinski definition) is 1. The highest BCUT2D eigenvalue weighted by atomic mass is 16.6. The van der Waals surface area contributed by atoms with Gasteiger partial charge >= 0.3 is 0 Å². The molecule has 0 bridgehead atoms. The number of non-ortho nitro benzene ring substituents is 1. The lowest BCUT2D eigenvalue weighted by Gasteiger charge is -2.30. The summed E-state index contributed by atoms with van der Waals surface area (Å²) in [6.45, 7) is 1.62. The number of methoxy groups -OCH3 is 3. The average Bonchev–Trinajstić information content (AvgIpc) is 2.78. The minimum atomic E-state index is -0.504. The van der Waals surface area contributed by atoms with Crippen molar-refractivity contribution in [2.75, 3.05) is 44.6 Å². The van der Waals surface area contributed by atoms with Gasteiger partial charge in [-0.1, -0.05) is 0 Å². The second-order valence-corrected chi connectivity index (χ2v) is 6.87. The number of nitro groups is 1. The monoisotopic (exact) mass is 415 g/mol. The van der Waals surface area contributed by atoms with Gasteiger partial charge in [0.2, 0.25) is 5.75 Å². The molecule has 1 saturated heterocycles. The maximum atomic E-state index is 13.1. The minimum Gasteiger partial charge on any atom is -0.493 e. The molecule has 2 aromatic carbocycles. The van der Waals surface area contributed by atoms with Crippen molar-refractivity contribution in [1.82, 2.24) is 0 Å². The van der Waals surface area contributed by atoms with Crippen molar-refractivity contribution >= 4 is 23.0 Å². The summed E-state index contributed by atoms with van der Waals surface area (Å²) < 4.78 is 15.9. The molecule has 30 heavy (non-hydrogen) atoms. The molecular weight excluding hydrogens is 390 g/mol. The number of piperidine rings is 1. The van der Waals surface area contributed by atoms with Gasteiger partial charge in [0.1, 0.15) is 0 Å². The molecule has 1 aliphatic rings. The Labute approximate surface area is 174 Å². The van der Waals surface area contributed by atoms with E-state index in [9.17, 15) is 14.9 Å². The fourth-order valence-corrected chi connectivity index (χ4v) is 3.58. The third-order valence-electron chi connectivity index (χ3n) is 5.05. The van der Waals surface area contributed by atoms with Gasteiger partial charge in [-0.2, -0.15) is 0 Å². The standard InChI is InChI=1S/C21H25N3O6/c1-28-18-11-14(12-19(29-2)20(18)30-3)22-21(25)16-13-15(24(26)27)7-8-17(16)23-9-5-4-6-10-23/h7-8,11-13H,4-6,9-10H2,1-3H3,(H,22,25). The number of amides is 1. The van der Waals surface area contributed by atoms with Crippen molar-refractivity contribution in [3.63, 3.8) is 0 Å². The molecule has 9 nitrogen and oxygen atoms in total. The molecule has 2 aromatic rings. The van der Waals surface area contributed by atoms with Gasteiger partial charge in [0, 0.05) is 43.0 Å². The van der Waals surface area contributed by atoms with Crippen molar-refractivity contribution in [3.8, 4) is 17.2 Å². The van der Waals surface area contributed by atoms with Crippen LogP contribution in [0.2, 0.25) is 0 Å². The number of nitro benzene ring substituents is 1. The van der Waals surface area contributed by atoms with Crippen molar-refractivity contribution in [2.24, 2.45) is 0 Å². The summed E-state index contributed by atoms with van der Waals surface area (Å²) in [6, 6.07) is 7.61. The SMILES string of the molecule is COc1cc(NC(=O)c2cc([N+](=O)[O-])ccc2N2CCCCC2)cc(OC)c1OC. The molecule has 0 spiro atoms. The molecule has 3 rings (SSSR count). The van der Waals surface area contributed by atoms with Crippen LogP contribution in [0.5, 0.6) is 17.2 Å². The van der Waals surface area contributed by atoms with E-state index >= 15 is 0 Å². The zero-order valence-electron chi connectivity index (χ0n) is 17.3. The van der Waals surface area contributed by atoms with Gasteiger partial charge in [0.15, 0.2) is 11.5 Å². The zero-order chi connectivity index (χ0) is 21.7. The molecular formula is C21H25N3O6. The highest BCUT2D eigenvalue weighted by Gasteiger charge is 2.23. The Balaban J connectivity index is 1.97. The molecule has 0 saturated carbocycles. The Bertz CT molecular complexity index is 915. The molecule has 1 heterocycles. The van der Waals surface area contributed by atoms with E-state index in [-0.39, 0.29) is 11.3 Å². The summed E-state index contributed by atoms with van der Waals surface area (Å²) in [4.78, 5) is 26.0. The highest BCUT2D eigenvalue weighted by molar-refractivity contribution is 6.09. The van der Waals surface area contributed by atoms with E-state index in [1.54, 1.807) is 18.2 Å². The van der Waals surface area contributed by atoms with Crippen molar-refractivity contribution < 1.29 is 23.9 Å². The van der Waals surface area contributed by atoms with E-state index in [0.29, 0.717) is 28.6 Å². The highest BCUT2D eigenvalue weighted by Crippen LogP contribution is 2.40. The summed E-state index contributed by atoms with van der Waals surface area (Å²) in [7, 11) is 4.46. The third-order valence-corrected chi connectivity index (χ3v) is 5.05. The minimum absolute atomic E-state index is 0.134. The molecule has 1 amide bonds. The van der Waals surface area contributed by atoms with Crippen LogP contribution in [-0.4, -0.2) is 45.2 Å². The van der Waals surface area contributed by atoms with Crippen LogP contribution in [-0.2, 0) is 0 Å². The van der Waals surface area contributed by atoms with E-state index in [2.05, 4.69) is 10.2 Å². The number of rotatable bonds is 7. The third kappa shape index (κ3) is 4.40. The van der Waals surface area contributed by atoms with Crippen molar-refractivity contribution in [2.45, 2.75) is 19.3 Å². The first-order chi connectivity index (χ1) is 14.5. The number of carbonyl (C=O) groups excluding carboxylic acids is 1. The summed E-state index contributed by atoms with van der Waals surface area (Å²) >= 11 is 0. The molecule has 0 radical (unpaired) electrons. The number of nitrogens with one attached hydrogen (secondary N) is 1. The summed E-state index contributed by atoms with van der Waals surface area (Å²) in [5, 5.41) is 14.1. The van der Waals surface area contributed by atoms with E-state index in [0.717, 1.165) is 32.4 Å². The lowest BCUT2D eigenvalue weighted by atomic mass is 10.1. The first-order valence-electron chi connectivity index (χ1n) is 9.63. The molecule has 0 aliphatic carbocycles. The Morgan fingerprint density at radius 1 is 1.00 bits per heavy atom. The molecule has 1 aliphatic heterocycles. The number of benzene rings is 2. The fourth-order valence-electron chi connectivity index (χ4n) is 3.58. The van der Waals surface area contributed by atoms with E-state index in [1.807, 2.05) is 0 Å². The lowest BCUT2D eigenvalue weighted by molar-refractivity contribution is -0.384. The Morgan fingerprint density at radius 2 is 1.63 bits per heavy atom. The van der Waals surface area contributed by atoms with Crippen molar-refractivity contribution in [3.05, 3.63) is 46.0 Å². The van der Waals surface area contributed by atoms with Gasteiger partial charge in [-0.05, 0) is 25.3 Å². The molecule has 0 aromatic heterocycles. The van der Waals surface area contributed by atoms with Crippen LogP contribution >= 0.6 is 0 Å². The predicted molar refractivity (Wildman–Crippen MR) is 113 cm³/mol. The molecule has 1 fully saturated rings. The zero-order valence-corrected chi connectivity index (χ0v) is 17.3. The molecule has 0 unspecified atom stereocenters. The van der Waals surface area contributed by atoms with Gasteiger partial charge in [0.25, 0.3) is 11.6 Å². The van der Waals surface area contributed by atoms with Crippen LogP contribution < -0.4 is 24.4 Å². The lowest BCUT2D eigenvalue weighted by Crippen LogP contribution is -2.31. The van der Waals surface area contributed by atoms with Gasteiger partial charge < -0.3 is 24.4 Å². The van der Waals surface area contributed by atoms with Crippen LogP contribution in [0.3, 0.4) is 0 Å². The van der Waals surface area contributed by atoms with Crippen LogP contribution in [0.15, 0.2) is 30.3 Å². The maximum absolute atomic E-state index is 13.1. The predicted octanol–water partition coefficient (Wildman–Crippen LogP) is 3.86. The Morgan fingerprint density at radius 3 is 2.17 bits per heavy atom.